The molecule has 3 aromatic rings. The molecule has 2 amide bonds. The third kappa shape index (κ3) is 6.46. The Balaban J connectivity index is 1.39. The largest absolute Gasteiger partial charge is 0.484 e. The van der Waals surface area contributed by atoms with E-state index in [0.29, 0.717) is 17.0 Å². The summed E-state index contributed by atoms with van der Waals surface area (Å²) in [7, 11) is 0. The Morgan fingerprint density at radius 1 is 1.11 bits per heavy atom. The fourth-order valence-corrected chi connectivity index (χ4v) is 5.39. The van der Waals surface area contributed by atoms with Gasteiger partial charge in [-0.1, -0.05) is 42.2 Å². The molecule has 4 rings (SSSR count). The standard InChI is InChI=1S/C27H20BrF3N2O3S2/c1-15-10-21(28)22(11-16(15)2)32-24(34)14-36-20-8-6-17(7-9-20)12-23-25(35)33(26(37)38-23)19-5-3-4-18(13-19)27(29,30)31/h3-13H,14H2,1-2H3,(H,32,34)/b23-12-. The average Bonchev–Trinajstić information content (AvgIpc) is 3.14. The summed E-state index contributed by atoms with van der Waals surface area (Å²) in [5.74, 6) is -0.377. The Kier molecular flexibility index (Phi) is 8.29. The number of hydrogen-bond donors (Lipinski definition) is 1. The Morgan fingerprint density at radius 3 is 2.47 bits per heavy atom. The maximum Gasteiger partial charge on any atom is 0.416 e. The topological polar surface area (TPSA) is 58.6 Å². The van der Waals surface area contributed by atoms with Crippen LogP contribution in [0.4, 0.5) is 24.5 Å². The molecule has 1 heterocycles. The van der Waals surface area contributed by atoms with E-state index in [1.165, 1.54) is 12.1 Å². The van der Waals surface area contributed by atoms with Crippen LogP contribution in [0.2, 0.25) is 0 Å². The minimum Gasteiger partial charge on any atom is -0.484 e. The number of anilines is 2. The van der Waals surface area contributed by atoms with E-state index in [4.69, 9.17) is 17.0 Å². The van der Waals surface area contributed by atoms with Crippen molar-refractivity contribution in [3.8, 4) is 5.75 Å². The SMILES string of the molecule is Cc1cc(Br)c(NC(=O)COc2ccc(/C=C3\SC(=S)N(c4cccc(C(F)(F)F)c4)C3=O)cc2)cc1C. The number of hydrogen-bond acceptors (Lipinski definition) is 5. The van der Waals surface area contributed by atoms with Gasteiger partial charge in [0.25, 0.3) is 11.8 Å². The molecule has 0 saturated carbocycles. The zero-order chi connectivity index (χ0) is 27.6. The Hall–Kier alpha value is -3.15. The number of rotatable bonds is 6. The first-order valence-electron chi connectivity index (χ1n) is 11.2. The van der Waals surface area contributed by atoms with Crippen molar-refractivity contribution >= 4 is 73.5 Å². The molecule has 38 heavy (non-hydrogen) atoms. The first kappa shape index (κ1) is 27.9. The molecule has 0 unspecified atom stereocenters. The minimum atomic E-state index is -4.53. The van der Waals surface area contributed by atoms with Crippen LogP contribution in [0.25, 0.3) is 6.08 Å². The molecular weight excluding hydrogens is 601 g/mol. The van der Waals surface area contributed by atoms with Gasteiger partial charge >= 0.3 is 6.18 Å². The molecule has 0 spiro atoms. The summed E-state index contributed by atoms with van der Waals surface area (Å²) in [5, 5.41) is 2.81. The third-order valence-electron chi connectivity index (χ3n) is 5.63. The predicted octanol–water partition coefficient (Wildman–Crippen LogP) is 7.51. The summed E-state index contributed by atoms with van der Waals surface area (Å²) in [6.07, 6.45) is -2.94. The molecule has 11 heteroatoms. The van der Waals surface area contributed by atoms with Crippen LogP contribution >= 0.6 is 39.9 Å². The second-order valence-corrected chi connectivity index (χ2v) is 10.9. The number of alkyl halides is 3. The van der Waals surface area contributed by atoms with Crippen LogP contribution < -0.4 is 15.0 Å². The fourth-order valence-electron chi connectivity index (χ4n) is 3.54. The summed E-state index contributed by atoms with van der Waals surface area (Å²) in [5.41, 5.74) is 2.65. The smallest absolute Gasteiger partial charge is 0.416 e. The summed E-state index contributed by atoms with van der Waals surface area (Å²) in [6, 6.07) is 15.0. The molecule has 1 fully saturated rings. The molecule has 0 bridgehead atoms. The number of aryl methyl sites for hydroxylation is 2. The molecular formula is C27H20BrF3N2O3S2. The lowest BCUT2D eigenvalue weighted by Crippen LogP contribution is -2.27. The molecule has 3 aromatic carbocycles. The number of ether oxygens (including phenoxy) is 1. The number of benzene rings is 3. The molecule has 0 atom stereocenters. The number of thioether (sulfide) groups is 1. The van der Waals surface area contributed by atoms with Gasteiger partial charge in [-0.15, -0.1) is 0 Å². The second kappa shape index (κ2) is 11.3. The molecule has 1 aliphatic rings. The lowest BCUT2D eigenvalue weighted by atomic mass is 10.1. The van der Waals surface area contributed by atoms with Crippen LogP contribution in [0.3, 0.4) is 0 Å². The van der Waals surface area contributed by atoms with Crippen molar-refractivity contribution in [1.82, 2.24) is 0 Å². The van der Waals surface area contributed by atoms with Crippen LogP contribution in [-0.4, -0.2) is 22.7 Å². The number of thiocarbonyl (C=S) groups is 1. The van der Waals surface area contributed by atoms with Crippen molar-refractivity contribution in [2.75, 3.05) is 16.8 Å². The number of amides is 2. The highest BCUT2D eigenvalue weighted by atomic mass is 79.9. The Bertz CT molecular complexity index is 1460. The van der Waals surface area contributed by atoms with E-state index < -0.39 is 17.6 Å². The molecule has 0 aromatic heterocycles. The Labute approximate surface area is 235 Å². The molecule has 0 aliphatic carbocycles. The van der Waals surface area contributed by atoms with Gasteiger partial charge in [0.05, 0.1) is 21.8 Å². The van der Waals surface area contributed by atoms with E-state index in [1.54, 1.807) is 30.3 Å². The maximum absolute atomic E-state index is 13.1. The van der Waals surface area contributed by atoms with Crippen molar-refractivity contribution in [2.45, 2.75) is 20.0 Å². The molecule has 1 aliphatic heterocycles. The number of nitrogens with one attached hydrogen (secondary N) is 1. The van der Waals surface area contributed by atoms with Gasteiger partial charge < -0.3 is 10.1 Å². The molecule has 5 nitrogen and oxygen atoms in total. The van der Waals surface area contributed by atoms with Crippen LogP contribution in [0.15, 0.2) is 70.0 Å². The predicted molar refractivity (Wildman–Crippen MR) is 151 cm³/mol. The molecule has 0 radical (unpaired) electrons. The van der Waals surface area contributed by atoms with E-state index in [1.807, 2.05) is 26.0 Å². The quantitative estimate of drug-likeness (QED) is 0.228. The van der Waals surface area contributed by atoms with Gasteiger partial charge in [-0.25, -0.2) is 0 Å². The Morgan fingerprint density at radius 2 is 1.79 bits per heavy atom. The normalized spacial score (nSPS) is 14.8. The summed E-state index contributed by atoms with van der Waals surface area (Å²) in [6.45, 7) is 3.74. The zero-order valence-corrected chi connectivity index (χ0v) is 23.3. The van der Waals surface area contributed by atoms with Crippen LogP contribution in [0, 0.1) is 13.8 Å². The highest BCUT2D eigenvalue weighted by Crippen LogP contribution is 2.38. The molecule has 1 N–H and O–H groups in total. The summed E-state index contributed by atoms with van der Waals surface area (Å²) >= 11 is 9.71. The van der Waals surface area contributed by atoms with Crippen LogP contribution in [0.1, 0.15) is 22.3 Å². The van der Waals surface area contributed by atoms with Gasteiger partial charge in [0.15, 0.2) is 10.9 Å². The van der Waals surface area contributed by atoms with Crippen molar-refractivity contribution < 1.29 is 27.5 Å². The van der Waals surface area contributed by atoms with Gasteiger partial charge in [-0.05, 0) is 95.0 Å². The van der Waals surface area contributed by atoms with Gasteiger partial charge in [-0.3, -0.25) is 14.5 Å². The monoisotopic (exact) mass is 620 g/mol. The number of carbonyl (C=O) groups excluding carboxylic acids is 2. The lowest BCUT2D eigenvalue weighted by Gasteiger charge is -2.16. The minimum absolute atomic E-state index is 0.0561. The molecule has 196 valence electrons. The summed E-state index contributed by atoms with van der Waals surface area (Å²) < 4.78 is 45.8. The number of carbonyl (C=O) groups is 2. The first-order valence-corrected chi connectivity index (χ1v) is 13.2. The van der Waals surface area contributed by atoms with Crippen molar-refractivity contribution in [3.05, 3.63) is 92.3 Å². The highest BCUT2D eigenvalue weighted by molar-refractivity contribution is 9.10. The maximum atomic E-state index is 13.1. The van der Waals surface area contributed by atoms with Gasteiger partial charge in [0, 0.05) is 4.47 Å². The van der Waals surface area contributed by atoms with E-state index >= 15 is 0 Å². The van der Waals surface area contributed by atoms with E-state index in [9.17, 15) is 22.8 Å². The lowest BCUT2D eigenvalue weighted by molar-refractivity contribution is -0.137. The van der Waals surface area contributed by atoms with E-state index in [2.05, 4.69) is 21.2 Å². The van der Waals surface area contributed by atoms with Crippen molar-refractivity contribution in [3.63, 3.8) is 0 Å². The molecule has 1 saturated heterocycles. The van der Waals surface area contributed by atoms with Crippen LogP contribution in [0.5, 0.6) is 5.75 Å². The average molecular weight is 622 g/mol. The van der Waals surface area contributed by atoms with E-state index in [0.717, 1.165) is 44.4 Å². The fraction of sp³-hybridized carbons (Fsp3) is 0.148. The summed E-state index contributed by atoms with van der Waals surface area (Å²) in [4.78, 5) is 26.6. The van der Waals surface area contributed by atoms with Gasteiger partial charge in [-0.2, -0.15) is 13.2 Å². The zero-order valence-electron chi connectivity index (χ0n) is 20.1. The number of halogens is 4. The van der Waals surface area contributed by atoms with E-state index in [-0.39, 0.29) is 27.4 Å². The van der Waals surface area contributed by atoms with Crippen molar-refractivity contribution in [2.24, 2.45) is 0 Å². The third-order valence-corrected chi connectivity index (χ3v) is 7.59. The van der Waals surface area contributed by atoms with Gasteiger partial charge in [0.2, 0.25) is 0 Å². The highest BCUT2D eigenvalue weighted by Gasteiger charge is 2.36. The van der Waals surface area contributed by atoms with Crippen LogP contribution in [-0.2, 0) is 15.8 Å². The van der Waals surface area contributed by atoms with Gasteiger partial charge in [0.1, 0.15) is 5.75 Å². The number of nitrogens with zero attached hydrogens (tertiary/aromatic N) is 1. The second-order valence-electron chi connectivity index (χ2n) is 8.39. The first-order chi connectivity index (χ1) is 17.9. The van der Waals surface area contributed by atoms with Crippen molar-refractivity contribution in [1.29, 1.82) is 0 Å².